The topological polar surface area (TPSA) is 74.6 Å². The first kappa shape index (κ1) is 20.2. The Morgan fingerprint density at radius 2 is 1.86 bits per heavy atom. The molecular weight excluding hydrogens is 377 g/mol. The molecule has 1 atom stereocenters. The van der Waals surface area contributed by atoms with Gasteiger partial charge in [-0.05, 0) is 29.8 Å². The van der Waals surface area contributed by atoms with E-state index in [1.54, 1.807) is 61.5 Å². The Labute approximate surface area is 168 Å². The van der Waals surface area contributed by atoms with Gasteiger partial charge >= 0.3 is 0 Å². The second kappa shape index (κ2) is 9.09. The van der Waals surface area contributed by atoms with E-state index < -0.39 is 17.8 Å². The van der Waals surface area contributed by atoms with Gasteiger partial charge in [-0.25, -0.2) is 9.37 Å². The van der Waals surface area contributed by atoms with Gasteiger partial charge < -0.3 is 24.1 Å². The number of benzene rings is 2. The minimum absolute atomic E-state index is 0.0132. The predicted octanol–water partition coefficient (Wildman–Crippen LogP) is 2.86. The van der Waals surface area contributed by atoms with Crippen molar-refractivity contribution in [3.8, 4) is 17.2 Å². The minimum Gasteiger partial charge on any atom is -0.497 e. The number of hydrogen-bond acceptors (Lipinski definition) is 5. The van der Waals surface area contributed by atoms with Crippen molar-refractivity contribution < 1.29 is 23.4 Å². The number of aryl methyl sites for hydroxylation is 1. The van der Waals surface area contributed by atoms with Gasteiger partial charge in [0.05, 0.1) is 14.2 Å². The summed E-state index contributed by atoms with van der Waals surface area (Å²) in [4.78, 5) is 16.9. The molecule has 0 saturated carbocycles. The van der Waals surface area contributed by atoms with Gasteiger partial charge in [-0.15, -0.1) is 0 Å². The van der Waals surface area contributed by atoms with Gasteiger partial charge in [-0.2, -0.15) is 0 Å². The molecule has 8 heteroatoms. The Kier molecular flexibility index (Phi) is 6.33. The summed E-state index contributed by atoms with van der Waals surface area (Å²) < 4.78 is 31.5. The van der Waals surface area contributed by atoms with E-state index in [9.17, 15) is 9.18 Å². The average Bonchev–Trinajstić information content (AvgIpc) is 3.16. The molecule has 1 unspecified atom stereocenters. The van der Waals surface area contributed by atoms with Gasteiger partial charge in [0.2, 0.25) is 0 Å². The van der Waals surface area contributed by atoms with E-state index >= 15 is 0 Å². The fraction of sp³-hybridized carbons (Fsp3) is 0.238. The standard InChI is InChI=1S/C21H22FN3O4/c1-25-9-8-23-21(25)20(14-10-15(27-2)12-16(11-14)28-3)24-19(26)13-29-18-7-5-4-6-17(18)22/h4-12,20H,13H2,1-3H3,(H,24,26). The zero-order valence-electron chi connectivity index (χ0n) is 16.4. The van der Waals surface area contributed by atoms with Gasteiger partial charge in [0.25, 0.3) is 5.91 Å². The van der Waals surface area contributed by atoms with E-state index in [0.717, 1.165) is 5.56 Å². The number of ether oxygens (including phenoxy) is 3. The Bertz CT molecular complexity index is 967. The summed E-state index contributed by atoms with van der Waals surface area (Å²) in [6.07, 6.45) is 3.42. The number of rotatable bonds is 8. The predicted molar refractivity (Wildman–Crippen MR) is 105 cm³/mol. The second-order valence-corrected chi connectivity index (χ2v) is 6.26. The van der Waals surface area contributed by atoms with Crippen molar-refractivity contribution in [1.29, 1.82) is 0 Å². The van der Waals surface area contributed by atoms with Gasteiger partial charge in [0.1, 0.15) is 23.4 Å². The van der Waals surface area contributed by atoms with Crippen molar-refractivity contribution in [3.63, 3.8) is 0 Å². The normalized spacial score (nSPS) is 11.6. The van der Waals surface area contributed by atoms with Gasteiger partial charge in [-0.3, -0.25) is 4.79 Å². The molecule has 3 rings (SSSR count). The van der Waals surface area contributed by atoms with Crippen LogP contribution < -0.4 is 19.5 Å². The Morgan fingerprint density at radius 1 is 1.17 bits per heavy atom. The van der Waals surface area contributed by atoms with Crippen molar-refractivity contribution in [1.82, 2.24) is 14.9 Å². The van der Waals surface area contributed by atoms with Crippen LogP contribution in [0.2, 0.25) is 0 Å². The number of carbonyl (C=O) groups excluding carboxylic acids is 1. The fourth-order valence-corrected chi connectivity index (χ4v) is 2.86. The molecule has 0 saturated heterocycles. The smallest absolute Gasteiger partial charge is 0.258 e. The van der Waals surface area contributed by atoms with Crippen LogP contribution in [-0.4, -0.2) is 36.3 Å². The van der Waals surface area contributed by atoms with E-state index in [1.165, 1.54) is 12.1 Å². The maximum atomic E-state index is 13.7. The van der Waals surface area contributed by atoms with Crippen molar-refractivity contribution in [2.75, 3.05) is 20.8 Å². The molecule has 0 aliphatic heterocycles. The molecule has 7 nitrogen and oxygen atoms in total. The average molecular weight is 399 g/mol. The Morgan fingerprint density at radius 3 is 2.45 bits per heavy atom. The summed E-state index contributed by atoms with van der Waals surface area (Å²) in [6.45, 7) is -0.344. The first-order valence-corrected chi connectivity index (χ1v) is 8.88. The van der Waals surface area contributed by atoms with Crippen LogP contribution in [0.15, 0.2) is 54.9 Å². The fourth-order valence-electron chi connectivity index (χ4n) is 2.86. The van der Waals surface area contributed by atoms with E-state index in [1.807, 2.05) is 7.05 Å². The number of nitrogens with one attached hydrogen (secondary N) is 1. The molecule has 0 spiro atoms. The Balaban J connectivity index is 1.84. The number of methoxy groups -OCH3 is 2. The SMILES string of the molecule is COc1cc(OC)cc(C(NC(=O)COc2ccccc2F)c2nccn2C)c1. The van der Waals surface area contributed by atoms with Crippen LogP contribution in [0.5, 0.6) is 17.2 Å². The highest BCUT2D eigenvalue weighted by Crippen LogP contribution is 2.29. The Hall–Kier alpha value is -3.55. The monoisotopic (exact) mass is 399 g/mol. The highest BCUT2D eigenvalue weighted by Gasteiger charge is 2.22. The lowest BCUT2D eigenvalue weighted by Gasteiger charge is -2.20. The number of nitrogens with zero attached hydrogens (tertiary/aromatic N) is 2. The molecule has 0 bridgehead atoms. The van der Waals surface area contributed by atoms with Crippen molar-refractivity contribution in [2.24, 2.45) is 7.05 Å². The van der Waals surface area contributed by atoms with E-state index in [-0.39, 0.29) is 12.4 Å². The lowest BCUT2D eigenvalue weighted by molar-refractivity contribution is -0.123. The number of carbonyl (C=O) groups is 1. The van der Waals surface area contributed by atoms with Crippen LogP contribution in [0.3, 0.4) is 0 Å². The van der Waals surface area contributed by atoms with Gasteiger partial charge in [0.15, 0.2) is 18.2 Å². The maximum absolute atomic E-state index is 13.7. The molecule has 1 amide bonds. The molecule has 1 aromatic heterocycles. The molecule has 0 fully saturated rings. The zero-order valence-corrected chi connectivity index (χ0v) is 16.4. The molecule has 2 aromatic carbocycles. The molecule has 152 valence electrons. The molecule has 0 aliphatic carbocycles. The molecular formula is C21H22FN3O4. The second-order valence-electron chi connectivity index (χ2n) is 6.26. The van der Waals surface area contributed by atoms with Crippen molar-refractivity contribution in [2.45, 2.75) is 6.04 Å². The lowest BCUT2D eigenvalue weighted by atomic mass is 10.0. The largest absolute Gasteiger partial charge is 0.497 e. The zero-order chi connectivity index (χ0) is 20.8. The molecule has 3 aromatic rings. The molecule has 29 heavy (non-hydrogen) atoms. The molecule has 1 heterocycles. The van der Waals surface area contributed by atoms with Crippen LogP contribution in [0.4, 0.5) is 4.39 Å². The summed E-state index contributed by atoms with van der Waals surface area (Å²) in [6, 6.07) is 10.7. The summed E-state index contributed by atoms with van der Waals surface area (Å²) >= 11 is 0. The number of hydrogen-bond donors (Lipinski definition) is 1. The van der Waals surface area contributed by atoms with Crippen LogP contribution in [0.1, 0.15) is 17.4 Å². The van der Waals surface area contributed by atoms with Crippen LogP contribution in [0, 0.1) is 5.82 Å². The summed E-state index contributed by atoms with van der Waals surface area (Å²) in [5, 5.41) is 2.89. The molecule has 0 aliphatic rings. The lowest BCUT2D eigenvalue weighted by Crippen LogP contribution is -2.34. The van der Waals surface area contributed by atoms with E-state index in [4.69, 9.17) is 14.2 Å². The third kappa shape index (κ3) is 4.84. The molecule has 0 radical (unpaired) electrons. The first-order valence-electron chi connectivity index (χ1n) is 8.88. The number of para-hydroxylation sites is 1. The summed E-state index contributed by atoms with van der Waals surface area (Å²) in [5.74, 6) is 0.825. The maximum Gasteiger partial charge on any atom is 0.258 e. The van der Waals surface area contributed by atoms with Crippen LogP contribution in [-0.2, 0) is 11.8 Å². The minimum atomic E-state index is -0.587. The highest BCUT2D eigenvalue weighted by molar-refractivity contribution is 5.78. The number of halogens is 1. The third-order valence-electron chi connectivity index (χ3n) is 4.32. The summed E-state index contributed by atoms with van der Waals surface area (Å²) in [5.41, 5.74) is 0.717. The number of imidazole rings is 1. The van der Waals surface area contributed by atoms with Crippen LogP contribution >= 0.6 is 0 Å². The highest BCUT2D eigenvalue weighted by atomic mass is 19.1. The number of amides is 1. The summed E-state index contributed by atoms with van der Waals surface area (Å²) in [7, 11) is 4.93. The van der Waals surface area contributed by atoms with Crippen molar-refractivity contribution in [3.05, 3.63) is 72.1 Å². The quantitative estimate of drug-likeness (QED) is 0.631. The third-order valence-corrected chi connectivity index (χ3v) is 4.32. The van der Waals surface area contributed by atoms with E-state index in [0.29, 0.717) is 17.3 Å². The van der Waals surface area contributed by atoms with E-state index in [2.05, 4.69) is 10.3 Å². The van der Waals surface area contributed by atoms with Gasteiger partial charge in [-0.1, -0.05) is 12.1 Å². The molecule has 1 N–H and O–H groups in total. The van der Waals surface area contributed by atoms with Crippen molar-refractivity contribution >= 4 is 5.91 Å². The number of aromatic nitrogens is 2. The van der Waals surface area contributed by atoms with Crippen LogP contribution in [0.25, 0.3) is 0 Å². The first-order chi connectivity index (χ1) is 14.0. The van der Waals surface area contributed by atoms with Gasteiger partial charge in [0, 0.05) is 25.5 Å².